The van der Waals surface area contributed by atoms with Gasteiger partial charge in [-0.25, -0.2) is 0 Å². The molecule has 1 rings (SSSR count). The topological polar surface area (TPSA) is 61.4 Å². The van der Waals surface area contributed by atoms with Gasteiger partial charge in [0.15, 0.2) is 0 Å². The second-order valence-electron chi connectivity index (χ2n) is 5.17. The van der Waals surface area contributed by atoms with Gasteiger partial charge in [0.25, 0.3) is 0 Å². The van der Waals surface area contributed by atoms with Gasteiger partial charge in [-0.2, -0.15) is 0 Å². The lowest BCUT2D eigenvalue weighted by Crippen LogP contribution is -2.41. The monoisotopic (exact) mass is 236 g/mol. The quantitative estimate of drug-likeness (QED) is 0.704. The maximum Gasteiger partial charge on any atom is 0.238 e. The Morgan fingerprint density at radius 2 is 2.00 bits per heavy atom. The van der Waals surface area contributed by atoms with Crippen LogP contribution in [0.3, 0.4) is 0 Å². The molecule has 3 N–H and O–H groups in total. The summed E-state index contributed by atoms with van der Waals surface area (Å²) in [6, 6.07) is 5.10. The van der Waals surface area contributed by atoms with Crippen LogP contribution in [0.5, 0.6) is 5.75 Å². The van der Waals surface area contributed by atoms with Gasteiger partial charge in [0.1, 0.15) is 5.75 Å². The molecule has 0 saturated carbocycles. The molecule has 0 unspecified atom stereocenters. The van der Waals surface area contributed by atoms with Crippen LogP contribution < -0.4 is 10.6 Å². The molecule has 0 fully saturated rings. The van der Waals surface area contributed by atoms with Gasteiger partial charge in [-0.05, 0) is 45.4 Å². The van der Waals surface area contributed by atoms with Crippen molar-refractivity contribution in [1.82, 2.24) is 5.32 Å². The van der Waals surface area contributed by atoms with Crippen molar-refractivity contribution in [2.45, 2.75) is 33.2 Å². The van der Waals surface area contributed by atoms with Gasteiger partial charge in [-0.1, -0.05) is 6.07 Å². The standard InChI is InChI=1S/C13H20N2O2/c1-9-5-6-11(16)10(7-9)15-12(17)8-14-13(2,3)4/h5-7,14,16H,8H2,1-4H3,(H,15,17). The van der Waals surface area contributed by atoms with Crippen LogP contribution in [0.4, 0.5) is 5.69 Å². The maximum atomic E-state index is 11.6. The first-order valence-electron chi connectivity index (χ1n) is 5.62. The lowest BCUT2D eigenvalue weighted by Gasteiger charge is -2.20. The van der Waals surface area contributed by atoms with Crippen molar-refractivity contribution < 1.29 is 9.90 Å². The van der Waals surface area contributed by atoms with Gasteiger partial charge in [-0.3, -0.25) is 4.79 Å². The van der Waals surface area contributed by atoms with Crippen molar-refractivity contribution in [2.24, 2.45) is 0 Å². The summed E-state index contributed by atoms with van der Waals surface area (Å²) in [6.07, 6.45) is 0. The molecule has 0 aliphatic carbocycles. The zero-order valence-corrected chi connectivity index (χ0v) is 10.8. The Labute approximate surface area is 102 Å². The largest absolute Gasteiger partial charge is 0.506 e. The third-order valence-corrected chi connectivity index (χ3v) is 2.21. The highest BCUT2D eigenvalue weighted by Crippen LogP contribution is 2.23. The first-order chi connectivity index (χ1) is 7.78. The number of amides is 1. The SMILES string of the molecule is Cc1ccc(O)c(NC(=O)CNC(C)(C)C)c1. The normalized spacial score (nSPS) is 11.3. The van der Waals surface area contributed by atoms with E-state index in [1.165, 1.54) is 0 Å². The number of phenolic OH excluding ortho intramolecular Hbond substituents is 1. The number of aryl methyl sites for hydroxylation is 1. The molecule has 1 amide bonds. The molecule has 0 saturated heterocycles. The lowest BCUT2D eigenvalue weighted by molar-refractivity contribution is -0.115. The molecular formula is C13H20N2O2. The number of phenols is 1. The number of hydrogen-bond donors (Lipinski definition) is 3. The average Bonchev–Trinajstić information content (AvgIpc) is 2.20. The zero-order valence-electron chi connectivity index (χ0n) is 10.8. The van der Waals surface area contributed by atoms with Crippen LogP contribution in [0.1, 0.15) is 26.3 Å². The minimum Gasteiger partial charge on any atom is -0.506 e. The second-order valence-corrected chi connectivity index (χ2v) is 5.17. The summed E-state index contributed by atoms with van der Waals surface area (Å²) in [5.74, 6) is -0.0828. The van der Waals surface area contributed by atoms with Crippen molar-refractivity contribution >= 4 is 11.6 Å². The van der Waals surface area contributed by atoms with E-state index in [1.54, 1.807) is 18.2 Å². The zero-order chi connectivity index (χ0) is 13.1. The molecule has 0 atom stereocenters. The first kappa shape index (κ1) is 13.5. The van der Waals surface area contributed by atoms with Crippen LogP contribution in [0, 0.1) is 6.92 Å². The number of benzene rings is 1. The van der Waals surface area contributed by atoms with E-state index < -0.39 is 0 Å². The van der Waals surface area contributed by atoms with E-state index in [0.717, 1.165) is 5.56 Å². The van der Waals surface area contributed by atoms with Crippen molar-refractivity contribution in [3.8, 4) is 5.75 Å². The van der Waals surface area contributed by atoms with E-state index in [1.807, 2.05) is 27.7 Å². The molecule has 94 valence electrons. The van der Waals surface area contributed by atoms with E-state index in [0.29, 0.717) is 5.69 Å². The molecule has 0 aromatic heterocycles. The Balaban J connectivity index is 2.59. The van der Waals surface area contributed by atoms with Crippen LogP contribution in [0.25, 0.3) is 0 Å². The molecule has 0 bridgehead atoms. The number of carbonyl (C=O) groups excluding carboxylic acids is 1. The van der Waals surface area contributed by atoms with E-state index in [9.17, 15) is 9.90 Å². The highest BCUT2D eigenvalue weighted by molar-refractivity contribution is 5.93. The molecule has 0 aliphatic rings. The minimum absolute atomic E-state index is 0.0831. The van der Waals surface area contributed by atoms with E-state index in [-0.39, 0.29) is 23.7 Å². The highest BCUT2D eigenvalue weighted by atomic mass is 16.3. The van der Waals surface area contributed by atoms with Gasteiger partial charge in [0.2, 0.25) is 5.91 Å². The fraction of sp³-hybridized carbons (Fsp3) is 0.462. The van der Waals surface area contributed by atoms with E-state index in [2.05, 4.69) is 10.6 Å². The number of rotatable bonds is 3. The van der Waals surface area contributed by atoms with Gasteiger partial charge >= 0.3 is 0 Å². The molecule has 0 heterocycles. The number of nitrogens with one attached hydrogen (secondary N) is 2. The average molecular weight is 236 g/mol. The molecule has 4 nitrogen and oxygen atoms in total. The maximum absolute atomic E-state index is 11.6. The molecule has 0 spiro atoms. The molecule has 0 radical (unpaired) electrons. The Morgan fingerprint density at radius 1 is 1.35 bits per heavy atom. The number of anilines is 1. The van der Waals surface area contributed by atoms with Crippen molar-refractivity contribution in [1.29, 1.82) is 0 Å². The third kappa shape index (κ3) is 4.87. The van der Waals surface area contributed by atoms with E-state index >= 15 is 0 Å². The van der Waals surface area contributed by atoms with E-state index in [4.69, 9.17) is 0 Å². The molecular weight excluding hydrogens is 216 g/mol. The summed E-state index contributed by atoms with van der Waals surface area (Å²) < 4.78 is 0. The van der Waals surface area contributed by atoms with Crippen molar-refractivity contribution in [2.75, 3.05) is 11.9 Å². The van der Waals surface area contributed by atoms with Crippen LogP contribution in [0.2, 0.25) is 0 Å². The molecule has 1 aromatic rings. The first-order valence-corrected chi connectivity index (χ1v) is 5.62. The Morgan fingerprint density at radius 3 is 2.59 bits per heavy atom. The predicted octanol–water partition coefficient (Wildman–Crippen LogP) is 2.03. The van der Waals surface area contributed by atoms with Crippen molar-refractivity contribution in [3.63, 3.8) is 0 Å². The molecule has 4 heteroatoms. The summed E-state index contributed by atoms with van der Waals surface area (Å²) in [6.45, 7) is 8.10. The summed E-state index contributed by atoms with van der Waals surface area (Å²) in [5.41, 5.74) is 1.33. The van der Waals surface area contributed by atoms with Gasteiger partial charge in [-0.15, -0.1) is 0 Å². The van der Waals surface area contributed by atoms with Crippen molar-refractivity contribution in [3.05, 3.63) is 23.8 Å². The number of aromatic hydroxyl groups is 1. The molecule has 1 aromatic carbocycles. The van der Waals surface area contributed by atoms with Gasteiger partial charge in [0.05, 0.1) is 12.2 Å². The third-order valence-electron chi connectivity index (χ3n) is 2.21. The lowest BCUT2D eigenvalue weighted by atomic mass is 10.1. The summed E-state index contributed by atoms with van der Waals surface area (Å²) in [5, 5.41) is 15.3. The molecule has 0 aliphatic heterocycles. The van der Waals surface area contributed by atoms with Crippen LogP contribution in [-0.2, 0) is 4.79 Å². The van der Waals surface area contributed by atoms with Crippen LogP contribution >= 0.6 is 0 Å². The molecule has 17 heavy (non-hydrogen) atoms. The minimum atomic E-state index is -0.166. The highest BCUT2D eigenvalue weighted by Gasteiger charge is 2.12. The Hall–Kier alpha value is -1.55. The predicted molar refractivity (Wildman–Crippen MR) is 69.2 cm³/mol. The summed E-state index contributed by atoms with van der Waals surface area (Å²) >= 11 is 0. The fourth-order valence-electron chi connectivity index (χ4n) is 1.29. The Bertz CT molecular complexity index is 408. The summed E-state index contributed by atoms with van der Waals surface area (Å²) in [4.78, 5) is 11.6. The number of carbonyl (C=O) groups is 1. The van der Waals surface area contributed by atoms with Crippen LogP contribution in [0.15, 0.2) is 18.2 Å². The summed E-state index contributed by atoms with van der Waals surface area (Å²) in [7, 11) is 0. The fourth-order valence-corrected chi connectivity index (χ4v) is 1.29. The second kappa shape index (κ2) is 5.19. The Kier molecular flexibility index (Phi) is 4.12. The van der Waals surface area contributed by atoms with Gasteiger partial charge < -0.3 is 15.7 Å². The number of hydrogen-bond acceptors (Lipinski definition) is 3. The smallest absolute Gasteiger partial charge is 0.238 e. The van der Waals surface area contributed by atoms with Crippen LogP contribution in [-0.4, -0.2) is 23.1 Å². The van der Waals surface area contributed by atoms with Gasteiger partial charge in [0, 0.05) is 5.54 Å².